The van der Waals surface area contributed by atoms with Crippen molar-refractivity contribution in [3.63, 3.8) is 0 Å². The number of benzene rings is 1. The first kappa shape index (κ1) is 13.6. The highest BCUT2D eigenvalue weighted by atomic mass is 79.9. The Hall–Kier alpha value is -1.82. The van der Waals surface area contributed by atoms with E-state index in [1.54, 1.807) is 7.11 Å². The molecule has 1 heterocycles. The van der Waals surface area contributed by atoms with E-state index < -0.39 is 5.97 Å². The number of aromatic carboxylic acids is 1. The number of ether oxygens (including phenoxy) is 1. The number of methoxy groups -OCH3 is 1. The lowest BCUT2D eigenvalue weighted by atomic mass is 10.0. The van der Waals surface area contributed by atoms with Crippen molar-refractivity contribution in [2.45, 2.75) is 13.8 Å². The molecule has 0 saturated heterocycles. The summed E-state index contributed by atoms with van der Waals surface area (Å²) in [7, 11) is 1.57. The Balaban J connectivity index is 2.66. The number of carbonyl (C=O) groups is 1. The van der Waals surface area contributed by atoms with Gasteiger partial charge in [-0.25, -0.2) is 4.79 Å². The third-order valence-electron chi connectivity index (χ3n) is 2.84. The van der Waals surface area contributed by atoms with Crippen LogP contribution in [0.1, 0.15) is 21.7 Å². The molecule has 1 N–H and O–H groups in total. The number of nitrogens with zero attached hydrogens (tertiary/aromatic N) is 1. The second-order valence-corrected chi connectivity index (χ2v) is 4.94. The maximum Gasteiger partial charge on any atom is 0.374 e. The first-order valence-corrected chi connectivity index (χ1v) is 6.29. The van der Waals surface area contributed by atoms with Crippen molar-refractivity contribution in [2.24, 2.45) is 0 Å². The molecule has 0 aliphatic rings. The largest absolute Gasteiger partial charge is 0.496 e. The van der Waals surface area contributed by atoms with Crippen LogP contribution in [0.4, 0.5) is 0 Å². The molecule has 0 amide bonds. The Morgan fingerprint density at radius 2 is 2.11 bits per heavy atom. The molecule has 1 aromatic carbocycles. The molecule has 0 radical (unpaired) electrons. The molecule has 0 aliphatic carbocycles. The van der Waals surface area contributed by atoms with Gasteiger partial charge in [-0.05, 0) is 25.5 Å². The van der Waals surface area contributed by atoms with Gasteiger partial charge in [0.05, 0.1) is 7.11 Å². The van der Waals surface area contributed by atoms with E-state index in [9.17, 15) is 4.79 Å². The predicted octanol–water partition coefficient (Wildman–Crippen LogP) is 3.43. The van der Waals surface area contributed by atoms with E-state index in [2.05, 4.69) is 21.1 Å². The number of rotatable bonds is 3. The van der Waals surface area contributed by atoms with Gasteiger partial charge in [-0.15, -0.1) is 0 Å². The monoisotopic (exact) mass is 325 g/mol. The predicted molar refractivity (Wildman–Crippen MR) is 72.6 cm³/mol. The van der Waals surface area contributed by atoms with Crippen LogP contribution < -0.4 is 4.74 Å². The quantitative estimate of drug-likeness (QED) is 0.935. The molecule has 5 nitrogen and oxygen atoms in total. The lowest BCUT2D eigenvalue weighted by Crippen LogP contribution is -1.96. The number of carboxylic acid groups (broad SMARTS) is 1. The van der Waals surface area contributed by atoms with Crippen LogP contribution >= 0.6 is 15.9 Å². The fourth-order valence-electron chi connectivity index (χ4n) is 1.91. The van der Waals surface area contributed by atoms with Crippen molar-refractivity contribution in [3.8, 4) is 17.0 Å². The molecule has 0 aliphatic heterocycles. The molecule has 19 heavy (non-hydrogen) atoms. The minimum atomic E-state index is -1.15. The summed E-state index contributed by atoms with van der Waals surface area (Å²) in [5.41, 5.74) is 3.02. The maximum atomic E-state index is 10.8. The Morgan fingerprint density at radius 1 is 1.42 bits per heavy atom. The van der Waals surface area contributed by atoms with Gasteiger partial charge in [-0.3, -0.25) is 0 Å². The minimum Gasteiger partial charge on any atom is -0.496 e. The molecular formula is C13H12BrNO4. The van der Waals surface area contributed by atoms with Gasteiger partial charge in [-0.1, -0.05) is 21.1 Å². The average Bonchev–Trinajstić information content (AvgIpc) is 2.82. The summed E-state index contributed by atoms with van der Waals surface area (Å²) in [6.45, 7) is 3.81. The fraction of sp³-hybridized carbons (Fsp3) is 0.231. The number of aromatic nitrogens is 1. The van der Waals surface area contributed by atoms with Gasteiger partial charge in [0.25, 0.3) is 0 Å². The van der Waals surface area contributed by atoms with Crippen LogP contribution in [0.2, 0.25) is 0 Å². The number of aryl methyl sites for hydroxylation is 1. The fourth-order valence-corrected chi connectivity index (χ4v) is 2.44. The summed E-state index contributed by atoms with van der Waals surface area (Å²) in [5, 5.41) is 12.7. The molecule has 0 fully saturated rings. The Bertz CT molecular complexity index is 648. The van der Waals surface area contributed by atoms with E-state index >= 15 is 0 Å². The molecule has 0 atom stereocenters. The van der Waals surface area contributed by atoms with Gasteiger partial charge >= 0.3 is 5.97 Å². The van der Waals surface area contributed by atoms with Crippen LogP contribution in [0.3, 0.4) is 0 Å². The summed E-state index contributed by atoms with van der Waals surface area (Å²) in [4.78, 5) is 10.8. The molecule has 2 rings (SSSR count). The van der Waals surface area contributed by atoms with E-state index in [1.165, 1.54) is 6.07 Å². The SMILES string of the molecule is COc1c(C)c(Br)cc(C)c1-c1cc(C(=O)O)on1. The Kier molecular flexibility index (Phi) is 3.61. The van der Waals surface area contributed by atoms with Crippen LogP contribution in [0.25, 0.3) is 11.3 Å². The lowest BCUT2D eigenvalue weighted by molar-refractivity contribution is 0.0652. The minimum absolute atomic E-state index is 0.197. The topological polar surface area (TPSA) is 72.6 Å². The third kappa shape index (κ3) is 2.35. The molecule has 0 spiro atoms. The molecule has 0 bridgehead atoms. The number of hydrogen-bond donors (Lipinski definition) is 1. The highest BCUT2D eigenvalue weighted by Gasteiger charge is 2.20. The van der Waals surface area contributed by atoms with Crippen molar-refractivity contribution in [1.82, 2.24) is 5.16 Å². The molecular weight excluding hydrogens is 314 g/mol. The molecule has 6 heteroatoms. The van der Waals surface area contributed by atoms with Gasteiger partial charge < -0.3 is 14.4 Å². The van der Waals surface area contributed by atoms with Gasteiger partial charge in [0.2, 0.25) is 5.76 Å². The van der Waals surface area contributed by atoms with Crippen LogP contribution in [0.5, 0.6) is 5.75 Å². The summed E-state index contributed by atoms with van der Waals surface area (Å²) < 4.78 is 11.1. The van der Waals surface area contributed by atoms with Crippen molar-refractivity contribution in [3.05, 3.63) is 33.5 Å². The van der Waals surface area contributed by atoms with Crippen molar-refractivity contribution >= 4 is 21.9 Å². The van der Waals surface area contributed by atoms with Crippen LogP contribution in [-0.4, -0.2) is 23.3 Å². The standard InChI is InChI=1S/C13H12BrNO4/c1-6-4-8(14)7(2)12(18-3)11(6)9-5-10(13(16)17)19-15-9/h4-5H,1-3H3,(H,16,17). The smallest absolute Gasteiger partial charge is 0.374 e. The van der Waals surface area contributed by atoms with E-state index in [4.69, 9.17) is 14.4 Å². The summed E-state index contributed by atoms with van der Waals surface area (Å²) in [6.07, 6.45) is 0. The first-order chi connectivity index (χ1) is 8.95. The zero-order chi connectivity index (χ0) is 14.2. The zero-order valence-corrected chi connectivity index (χ0v) is 12.2. The Morgan fingerprint density at radius 3 is 2.63 bits per heavy atom. The number of carboxylic acids is 1. The second-order valence-electron chi connectivity index (χ2n) is 4.09. The normalized spacial score (nSPS) is 10.5. The van der Waals surface area contributed by atoms with Crippen molar-refractivity contribution in [2.75, 3.05) is 7.11 Å². The molecule has 100 valence electrons. The van der Waals surface area contributed by atoms with E-state index in [0.717, 1.165) is 21.2 Å². The molecule has 0 unspecified atom stereocenters. The number of halogens is 1. The highest BCUT2D eigenvalue weighted by Crippen LogP contribution is 2.39. The van der Waals surface area contributed by atoms with Gasteiger partial charge in [0.15, 0.2) is 0 Å². The van der Waals surface area contributed by atoms with Crippen molar-refractivity contribution < 1.29 is 19.2 Å². The molecule has 2 aromatic rings. The van der Waals surface area contributed by atoms with Crippen LogP contribution in [0, 0.1) is 13.8 Å². The highest BCUT2D eigenvalue weighted by molar-refractivity contribution is 9.10. The van der Waals surface area contributed by atoms with E-state index in [1.807, 2.05) is 19.9 Å². The summed E-state index contributed by atoms with van der Waals surface area (Å²) in [6, 6.07) is 3.32. The first-order valence-electron chi connectivity index (χ1n) is 5.49. The maximum absolute atomic E-state index is 10.8. The molecule has 0 saturated carbocycles. The third-order valence-corrected chi connectivity index (χ3v) is 3.67. The lowest BCUT2D eigenvalue weighted by Gasteiger charge is -2.13. The second kappa shape index (κ2) is 5.05. The van der Waals surface area contributed by atoms with E-state index in [-0.39, 0.29) is 5.76 Å². The van der Waals surface area contributed by atoms with Gasteiger partial charge in [0, 0.05) is 21.7 Å². The average molecular weight is 326 g/mol. The molecule has 1 aromatic heterocycles. The van der Waals surface area contributed by atoms with E-state index in [0.29, 0.717) is 11.4 Å². The number of hydrogen-bond acceptors (Lipinski definition) is 4. The zero-order valence-electron chi connectivity index (χ0n) is 10.7. The van der Waals surface area contributed by atoms with Crippen LogP contribution in [0.15, 0.2) is 21.1 Å². The van der Waals surface area contributed by atoms with Crippen molar-refractivity contribution in [1.29, 1.82) is 0 Å². The Labute approximate surface area is 118 Å². The van der Waals surface area contributed by atoms with Gasteiger partial charge in [-0.2, -0.15) is 0 Å². The van der Waals surface area contributed by atoms with Gasteiger partial charge in [0.1, 0.15) is 11.4 Å². The summed E-state index contributed by atoms with van der Waals surface area (Å²) in [5.74, 6) is -0.696. The summed E-state index contributed by atoms with van der Waals surface area (Å²) >= 11 is 3.45. The van der Waals surface area contributed by atoms with Crippen LogP contribution in [-0.2, 0) is 0 Å².